The molecular formula is C17H19N3O4S. The standard InChI is InChI=1S/C17H19N3O4S/c1-11(13-4-2-3-5-14(13)18)8-12-6-7-15(16(21)9-12)20-10-17(22)19-25(20,23)24/h2-7,9-11,19,21-22H,8,18H2,1H3. The lowest BCUT2D eigenvalue weighted by molar-refractivity contribution is 0.392. The average molecular weight is 361 g/mol. The molecular weight excluding hydrogens is 342 g/mol. The van der Waals surface area contributed by atoms with Crippen molar-refractivity contribution in [3.8, 4) is 5.75 Å². The lowest BCUT2D eigenvalue weighted by atomic mass is 9.92. The van der Waals surface area contributed by atoms with E-state index in [1.807, 2.05) is 35.9 Å². The van der Waals surface area contributed by atoms with E-state index in [4.69, 9.17) is 5.73 Å². The zero-order valence-electron chi connectivity index (χ0n) is 13.5. The number of nitrogens with one attached hydrogen (secondary N) is 1. The number of anilines is 2. The number of para-hydroxylation sites is 1. The zero-order chi connectivity index (χ0) is 18.2. The van der Waals surface area contributed by atoms with Crippen molar-refractivity contribution in [2.75, 3.05) is 10.0 Å². The Morgan fingerprint density at radius 1 is 1.20 bits per heavy atom. The summed E-state index contributed by atoms with van der Waals surface area (Å²) >= 11 is 0. The number of hydrogen-bond donors (Lipinski definition) is 4. The summed E-state index contributed by atoms with van der Waals surface area (Å²) in [5.74, 6) is -0.564. The van der Waals surface area contributed by atoms with Crippen LogP contribution < -0.4 is 14.8 Å². The minimum absolute atomic E-state index is 0.0622. The van der Waals surface area contributed by atoms with Gasteiger partial charge in [-0.1, -0.05) is 31.2 Å². The third-order valence-electron chi connectivity index (χ3n) is 4.08. The van der Waals surface area contributed by atoms with Gasteiger partial charge >= 0.3 is 10.2 Å². The second-order valence-corrected chi connectivity index (χ2v) is 7.52. The Hall–Kier alpha value is -2.87. The molecule has 2 aromatic rings. The van der Waals surface area contributed by atoms with Crippen LogP contribution in [0.2, 0.25) is 0 Å². The summed E-state index contributed by atoms with van der Waals surface area (Å²) in [5, 5.41) is 19.6. The molecule has 25 heavy (non-hydrogen) atoms. The molecule has 0 aromatic heterocycles. The monoisotopic (exact) mass is 361 g/mol. The van der Waals surface area contributed by atoms with Crippen molar-refractivity contribution in [1.29, 1.82) is 0 Å². The van der Waals surface area contributed by atoms with E-state index in [9.17, 15) is 18.6 Å². The fourth-order valence-corrected chi connectivity index (χ4v) is 3.96. The quantitative estimate of drug-likeness (QED) is 0.624. The summed E-state index contributed by atoms with van der Waals surface area (Å²) in [7, 11) is -3.93. The Balaban J connectivity index is 1.85. The molecule has 7 nitrogen and oxygen atoms in total. The Morgan fingerprint density at radius 2 is 1.92 bits per heavy atom. The highest BCUT2D eigenvalue weighted by atomic mass is 32.2. The maximum atomic E-state index is 11.9. The van der Waals surface area contributed by atoms with Crippen LogP contribution >= 0.6 is 0 Å². The molecule has 0 amide bonds. The van der Waals surface area contributed by atoms with E-state index >= 15 is 0 Å². The number of aromatic hydroxyl groups is 1. The molecule has 8 heteroatoms. The predicted octanol–water partition coefficient (Wildman–Crippen LogP) is 2.33. The highest BCUT2D eigenvalue weighted by Crippen LogP contribution is 2.34. The summed E-state index contributed by atoms with van der Waals surface area (Å²) in [6.07, 6.45) is 1.63. The SMILES string of the molecule is CC(Cc1ccc(N2C=C(O)NS2(=O)=O)c(O)c1)c1ccccc1N. The van der Waals surface area contributed by atoms with Crippen LogP contribution in [-0.4, -0.2) is 18.6 Å². The van der Waals surface area contributed by atoms with Crippen LogP contribution in [0.15, 0.2) is 54.5 Å². The van der Waals surface area contributed by atoms with Gasteiger partial charge in [-0.3, -0.25) is 0 Å². The lowest BCUT2D eigenvalue weighted by Gasteiger charge is -2.18. The first kappa shape index (κ1) is 17.0. The Morgan fingerprint density at radius 3 is 2.52 bits per heavy atom. The molecule has 0 saturated carbocycles. The van der Waals surface area contributed by atoms with Gasteiger partial charge in [0.25, 0.3) is 0 Å². The van der Waals surface area contributed by atoms with E-state index in [0.29, 0.717) is 12.1 Å². The number of hydrogen-bond acceptors (Lipinski definition) is 5. The van der Waals surface area contributed by atoms with Gasteiger partial charge in [-0.15, -0.1) is 0 Å². The molecule has 1 atom stereocenters. The van der Waals surface area contributed by atoms with E-state index < -0.39 is 16.1 Å². The van der Waals surface area contributed by atoms with Gasteiger partial charge in [0.15, 0.2) is 0 Å². The van der Waals surface area contributed by atoms with Crippen molar-refractivity contribution >= 4 is 21.6 Å². The number of phenolic OH excluding ortho intramolecular Hbond substituents is 1. The van der Waals surface area contributed by atoms with Gasteiger partial charge < -0.3 is 15.9 Å². The number of rotatable bonds is 4. The molecule has 0 spiro atoms. The molecule has 1 heterocycles. The average Bonchev–Trinajstić information content (AvgIpc) is 2.80. The van der Waals surface area contributed by atoms with Crippen molar-refractivity contribution in [3.05, 3.63) is 65.7 Å². The molecule has 0 saturated heterocycles. The number of benzene rings is 2. The van der Waals surface area contributed by atoms with E-state index in [0.717, 1.165) is 21.6 Å². The molecule has 1 aliphatic rings. The molecule has 5 N–H and O–H groups in total. The minimum atomic E-state index is -3.93. The van der Waals surface area contributed by atoms with Gasteiger partial charge in [0.1, 0.15) is 11.4 Å². The fourth-order valence-electron chi connectivity index (χ4n) is 2.89. The van der Waals surface area contributed by atoms with Crippen molar-refractivity contribution in [2.24, 2.45) is 0 Å². The van der Waals surface area contributed by atoms with Crippen LogP contribution in [0.1, 0.15) is 24.0 Å². The number of phenols is 1. The van der Waals surface area contributed by atoms with Crippen LogP contribution in [0, 0.1) is 0 Å². The van der Waals surface area contributed by atoms with Crippen LogP contribution in [0.4, 0.5) is 11.4 Å². The highest BCUT2D eigenvalue weighted by Gasteiger charge is 2.30. The fraction of sp³-hybridized carbons (Fsp3) is 0.176. The molecule has 0 radical (unpaired) electrons. The summed E-state index contributed by atoms with van der Waals surface area (Å²) < 4.78 is 26.5. The molecule has 3 rings (SSSR count). The maximum absolute atomic E-state index is 11.9. The van der Waals surface area contributed by atoms with Crippen LogP contribution in [0.3, 0.4) is 0 Å². The van der Waals surface area contributed by atoms with Crippen LogP contribution in [0.5, 0.6) is 5.75 Å². The molecule has 2 aromatic carbocycles. The number of nitrogen functional groups attached to an aromatic ring is 1. The number of aliphatic hydroxyl groups is 1. The van der Waals surface area contributed by atoms with Crippen molar-refractivity contribution < 1.29 is 18.6 Å². The lowest BCUT2D eigenvalue weighted by Crippen LogP contribution is -2.29. The van der Waals surface area contributed by atoms with Gasteiger partial charge in [-0.05, 0) is 41.7 Å². The molecule has 0 aliphatic carbocycles. The van der Waals surface area contributed by atoms with Crippen molar-refractivity contribution in [2.45, 2.75) is 19.3 Å². The third kappa shape index (κ3) is 3.34. The second-order valence-electron chi connectivity index (χ2n) is 5.97. The van der Waals surface area contributed by atoms with Gasteiger partial charge in [0.05, 0.1) is 6.20 Å². The Kier molecular flexibility index (Phi) is 4.22. The molecule has 132 valence electrons. The summed E-state index contributed by atoms with van der Waals surface area (Å²) in [4.78, 5) is 0. The molecule has 1 aliphatic heterocycles. The largest absolute Gasteiger partial charge is 0.506 e. The normalized spacial score (nSPS) is 17.0. The molecule has 0 bridgehead atoms. The van der Waals surface area contributed by atoms with Crippen molar-refractivity contribution in [3.63, 3.8) is 0 Å². The van der Waals surface area contributed by atoms with Crippen LogP contribution in [0.25, 0.3) is 0 Å². The van der Waals surface area contributed by atoms with Gasteiger partial charge in [0, 0.05) is 5.69 Å². The van der Waals surface area contributed by atoms with E-state index in [2.05, 4.69) is 0 Å². The number of nitrogens with zero attached hydrogens (tertiary/aromatic N) is 1. The third-order valence-corrected chi connectivity index (χ3v) is 5.37. The van der Waals surface area contributed by atoms with E-state index in [-0.39, 0.29) is 17.4 Å². The first-order valence-electron chi connectivity index (χ1n) is 7.67. The molecule has 0 fully saturated rings. The number of aliphatic hydroxyl groups excluding tert-OH is 1. The first-order valence-corrected chi connectivity index (χ1v) is 9.11. The highest BCUT2D eigenvalue weighted by molar-refractivity contribution is 7.91. The number of nitrogens with two attached hydrogens (primary N) is 1. The summed E-state index contributed by atoms with van der Waals surface area (Å²) in [6, 6.07) is 12.4. The van der Waals surface area contributed by atoms with E-state index in [1.165, 1.54) is 12.1 Å². The topological polar surface area (TPSA) is 116 Å². The van der Waals surface area contributed by atoms with Crippen LogP contribution in [-0.2, 0) is 16.6 Å². The van der Waals surface area contributed by atoms with Gasteiger partial charge in [0.2, 0.25) is 5.88 Å². The second kappa shape index (κ2) is 6.21. The van der Waals surface area contributed by atoms with Crippen molar-refractivity contribution in [1.82, 2.24) is 4.72 Å². The zero-order valence-corrected chi connectivity index (χ0v) is 14.4. The van der Waals surface area contributed by atoms with E-state index in [1.54, 1.807) is 6.07 Å². The first-order chi connectivity index (χ1) is 11.8. The summed E-state index contributed by atoms with van der Waals surface area (Å²) in [5.41, 5.74) is 8.63. The molecule has 1 unspecified atom stereocenters. The Labute approximate surface area is 146 Å². The smallest absolute Gasteiger partial charge is 0.330 e. The predicted molar refractivity (Wildman–Crippen MR) is 96.3 cm³/mol. The van der Waals surface area contributed by atoms with Gasteiger partial charge in [-0.2, -0.15) is 8.42 Å². The Bertz CT molecular complexity index is 941. The summed E-state index contributed by atoms with van der Waals surface area (Å²) in [6.45, 7) is 2.03. The van der Waals surface area contributed by atoms with Gasteiger partial charge in [-0.25, -0.2) is 9.03 Å². The minimum Gasteiger partial charge on any atom is -0.506 e. The maximum Gasteiger partial charge on any atom is 0.330 e.